The number of nitrogens with zero attached hydrogens (tertiary/aromatic N) is 3. The molecule has 0 radical (unpaired) electrons. The van der Waals surface area contributed by atoms with Gasteiger partial charge in [0.2, 0.25) is 11.7 Å². The molecule has 6 heteroatoms. The van der Waals surface area contributed by atoms with Gasteiger partial charge in [-0.25, -0.2) is 4.68 Å². The maximum Gasteiger partial charge on any atom is 0.245 e. The van der Waals surface area contributed by atoms with Crippen molar-refractivity contribution in [2.75, 3.05) is 0 Å². The number of carbonyl (C=O) groups is 2. The van der Waals surface area contributed by atoms with Crippen LogP contribution >= 0.6 is 0 Å². The van der Waals surface area contributed by atoms with E-state index >= 15 is 0 Å². The van der Waals surface area contributed by atoms with Crippen molar-refractivity contribution < 1.29 is 9.59 Å². The zero-order chi connectivity index (χ0) is 15.5. The lowest BCUT2D eigenvalue weighted by molar-refractivity contribution is -0.122. The molecule has 1 aliphatic rings. The van der Waals surface area contributed by atoms with Crippen molar-refractivity contribution in [2.24, 2.45) is 5.92 Å². The molecule has 1 aromatic carbocycles. The summed E-state index contributed by atoms with van der Waals surface area (Å²) in [6.07, 6.45) is 3.44. The van der Waals surface area contributed by atoms with Crippen LogP contribution in [0, 0.1) is 17.2 Å². The number of ketones is 1. The molecule has 1 atom stereocenters. The van der Waals surface area contributed by atoms with Gasteiger partial charge in [-0.15, -0.1) is 0 Å². The van der Waals surface area contributed by atoms with E-state index in [4.69, 9.17) is 5.26 Å². The highest BCUT2D eigenvalue weighted by atomic mass is 16.2. The molecule has 110 valence electrons. The first-order chi connectivity index (χ1) is 10.7. The van der Waals surface area contributed by atoms with Gasteiger partial charge in [0.05, 0.1) is 11.8 Å². The van der Waals surface area contributed by atoms with Crippen molar-refractivity contribution in [3.8, 4) is 11.8 Å². The van der Waals surface area contributed by atoms with Crippen LogP contribution in [0.25, 0.3) is 5.69 Å². The number of benzene rings is 1. The van der Waals surface area contributed by atoms with Crippen LogP contribution in [0.1, 0.15) is 23.3 Å². The van der Waals surface area contributed by atoms with Crippen LogP contribution in [0.3, 0.4) is 0 Å². The number of para-hydroxylation sites is 1. The zero-order valence-corrected chi connectivity index (χ0v) is 11.8. The summed E-state index contributed by atoms with van der Waals surface area (Å²) < 4.78 is 1.54. The smallest absolute Gasteiger partial charge is 0.245 e. The lowest BCUT2D eigenvalue weighted by atomic mass is 10.0. The third-order valence-electron chi connectivity index (χ3n) is 3.44. The maximum absolute atomic E-state index is 12.3. The second-order valence-electron chi connectivity index (χ2n) is 5.19. The maximum atomic E-state index is 12.3. The highest BCUT2D eigenvalue weighted by Crippen LogP contribution is 2.20. The number of hydrogen-bond acceptors (Lipinski definition) is 4. The van der Waals surface area contributed by atoms with Crippen LogP contribution in [0.15, 0.2) is 42.6 Å². The molecule has 1 fully saturated rings. The molecular formula is C16H14N4O2. The molecule has 6 nitrogen and oxygen atoms in total. The van der Waals surface area contributed by atoms with Crippen LogP contribution in [-0.4, -0.2) is 27.5 Å². The van der Waals surface area contributed by atoms with Crippen LogP contribution in [0.4, 0.5) is 0 Å². The molecule has 0 saturated heterocycles. The van der Waals surface area contributed by atoms with Gasteiger partial charge in [0.15, 0.2) is 5.92 Å². The Hall–Kier alpha value is -2.94. The minimum absolute atomic E-state index is 0.109. The normalized spacial score (nSPS) is 14.9. The van der Waals surface area contributed by atoms with Crippen molar-refractivity contribution in [1.82, 2.24) is 15.1 Å². The topological polar surface area (TPSA) is 87.8 Å². The van der Waals surface area contributed by atoms with E-state index in [0.29, 0.717) is 0 Å². The molecule has 2 aromatic rings. The van der Waals surface area contributed by atoms with Crippen LogP contribution in [0.2, 0.25) is 0 Å². The Balaban J connectivity index is 1.78. The molecule has 1 heterocycles. The van der Waals surface area contributed by atoms with E-state index in [-0.39, 0.29) is 11.7 Å². The summed E-state index contributed by atoms with van der Waals surface area (Å²) in [6, 6.07) is 12.7. The minimum Gasteiger partial charge on any atom is -0.352 e. The van der Waals surface area contributed by atoms with Gasteiger partial charge in [0, 0.05) is 12.2 Å². The third-order valence-corrected chi connectivity index (χ3v) is 3.44. The third kappa shape index (κ3) is 2.88. The number of aromatic nitrogens is 2. The Morgan fingerprint density at radius 3 is 2.64 bits per heavy atom. The molecular weight excluding hydrogens is 280 g/mol. The quantitative estimate of drug-likeness (QED) is 0.668. The van der Waals surface area contributed by atoms with Crippen molar-refractivity contribution >= 4 is 11.7 Å². The number of nitrogens with one attached hydrogen (secondary N) is 1. The zero-order valence-electron chi connectivity index (χ0n) is 11.8. The van der Waals surface area contributed by atoms with E-state index in [9.17, 15) is 9.59 Å². The van der Waals surface area contributed by atoms with Crippen molar-refractivity contribution in [1.29, 1.82) is 5.26 Å². The largest absolute Gasteiger partial charge is 0.352 e. The number of Topliss-reactive ketones (excluding diaryl/α,β-unsaturated/α-hetero) is 1. The molecule has 0 unspecified atom stereocenters. The molecule has 1 saturated carbocycles. The Morgan fingerprint density at radius 2 is 2.00 bits per heavy atom. The van der Waals surface area contributed by atoms with Crippen LogP contribution in [-0.2, 0) is 4.79 Å². The average molecular weight is 294 g/mol. The van der Waals surface area contributed by atoms with E-state index in [0.717, 1.165) is 18.5 Å². The number of amides is 1. The predicted octanol–water partition coefficient (Wildman–Crippen LogP) is 1.47. The fourth-order valence-electron chi connectivity index (χ4n) is 2.08. The summed E-state index contributed by atoms with van der Waals surface area (Å²) in [5, 5.41) is 16.0. The van der Waals surface area contributed by atoms with Crippen LogP contribution in [0.5, 0.6) is 0 Å². The summed E-state index contributed by atoms with van der Waals surface area (Å²) in [5.41, 5.74) is 0.916. The summed E-state index contributed by atoms with van der Waals surface area (Å²) >= 11 is 0. The minimum atomic E-state index is -1.35. The van der Waals surface area contributed by atoms with Crippen LogP contribution < -0.4 is 5.32 Å². The molecule has 0 spiro atoms. The van der Waals surface area contributed by atoms with Gasteiger partial charge in [0.1, 0.15) is 5.69 Å². The van der Waals surface area contributed by atoms with E-state index in [1.807, 2.05) is 30.3 Å². The van der Waals surface area contributed by atoms with Gasteiger partial charge < -0.3 is 5.32 Å². The van der Waals surface area contributed by atoms with Gasteiger partial charge >= 0.3 is 0 Å². The number of hydrogen-bond donors (Lipinski definition) is 1. The first kappa shape index (κ1) is 14.0. The monoisotopic (exact) mass is 294 g/mol. The first-order valence-corrected chi connectivity index (χ1v) is 7.04. The van der Waals surface area contributed by atoms with Gasteiger partial charge in [-0.3, -0.25) is 9.59 Å². The van der Waals surface area contributed by atoms with Crippen molar-refractivity contribution in [3.63, 3.8) is 0 Å². The summed E-state index contributed by atoms with van der Waals surface area (Å²) in [4.78, 5) is 24.2. The lowest BCUT2D eigenvalue weighted by Crippen LogP contribution is -2.36. The Morgan fingerprint density at radius 1 is 1.27 bits per heavy atom. The standard InChI is InChI=1S/C16H14N4O2/c17-10-13(16(22)18-11-6-7-11)15(21)14-8-9-20(19-14)12-4-2-1-3-5-12/h1-5,8-9,11,13H,6-7H2,(H,18,22)/t13-/m0/s1. The number of rotatable bonds is 5. The Labute approximate surface area is 127 Å². The summed E-state index contributed by atoms with van der Waals surface area (Å²) in [6.45, 7) is 0. The molecule has 0 bridgehead atoms. The fourth-order valence-corrected chi connectivity index (χ4v) is 2.08. The predicted molar refractivity (Wildman–Crippen MR) is 78.2 cm³/mol. The fraction of sp³-hybridized carbons (Fsp3) is 0.250. The van der Waals surface area contributed by atoms with Gasteiger partial charge in [0.25, 0.3) is 0 Å². The lowest BCUT2D eigenvalue weighted by Gasteiger charge is -2.07. The molecule has 1 amide bonds. The average Bonchev–Trinajstić information content (AvgIpc) is 3.20. The second kappa shape index (κ2) is 5.82. The number of nitriles is 1. The van der Waals surface area contributed by atoms with Crippen molar-refractivity contribution in [2.45, 2.75) is 18.9 Å². The van der Waals surface area contributed by atoms with E-state index < -0.39 is 17.6 Å². The highest BCUT2D eigenvalue weighted by molar-refractivity contribution is 6.11. The molecule has 1 aromatic heterocycles. The SMILES string of the molecule is N#C[C@H](C(=O)NC1CC1)C(=O)c1ccn(-c2ccccc2)n1. The molecule has 1 aliphatic carbocycles. The molecule has 0 aliphatic heterocycles. The summed E-state index contributed by atoms with van der Waals surface area (Å²) in [5.74, 6) is -2.46. The summed E-state index contributed by atoms with van der Waals surface area (Å²) in [7, 11) is 0. The molecule has 22 heavy (non-hydrogen) atoms. The second-order valence-corrected chi connectivity index (χ2v) is 5.19. The number of carbonyl (C=O) groups excluding carboxylic acids is 2. The Bertz CT molecular complexity index is 741. The highest BCUT2D eigenvalue weighted by Gasteiger charge is 2.33. The Kier molecular flexibility index (Phi) is 3.71. The first-order valence-electron chi connectivity index (χ1n) is 7.04. The van der Waals surface area contributed by atoms with Gasteiger partial charge in [-0.05, 0) is 31.0 Å². The van der Waals surface area contributed by atoms with Gasteiger partial charge in [-0.1, -0.05) is 18.2 Å². The van der Waals surface area contributed by atoms with Gasteiger partial charge in [-0.2, -0.15) is 10.4 Å². The van der Waals surface area contributed by atoms with E-state index in [2.05, 4.69) is 10.4 Å². The van der Waals surface area contributed by atoms with E-state index in [1.54, 1.807) is 16.9 Å². The molecule has 1 N–H and O–H groups in total. The molecule has 3 rings (SSSR count). The van der Waals surface area contributed by atoms with E-state index in [1.165, 1.54) is 6.07 Å². The van der Waals surface area contributed by atoms with Crippen molar-refractivity contribution in [3.05, 3.63) is 48.3 Å².